The van der Waals surface area contributed by atoms with Crippen molar-refractivity contribution in [2.75, 3.05) is 10.6 Å². The van der Waals surface area contributed by atoms with E-state index in [-0.39, 0.29) is 0 Å². The normalized spacial score (nSPS) is 10.1. The number of hydrogen-bond donors (Lipinski definition) is 2. The van der Waals surface area contributed by atoms with Gasteiger partial charge in [-0.25, -0.2) is 0 Å². The molecule has 0 radical (unpaired) electrons. The van der Waals surface area contributed by atoms with E-state index in [9.17, 15) is 0 Å². The number of hydrogen-bond acceptors (Lipinski definition) is 1. The SMILES string of the molecule is Cc1cccc(NC(=S)Nc2cccc(Br)c2)c1C. The third kappa shape index (κ3) is 3.78. The highest BCUT2D eigenvalue weighted by Gasteiger charge is 2.03. The number of thiocarbonyl (C=S) groups is 1. The average molecular weight is 335 g/mol. The topological polar surface area (TPSA) is 24.1 Å². The number of rotatable bonds is 2. The van der Waals surface area contributed by atoms with Gasteiger partial charge in [0, 0.05) is 15.8 Å². The van der Waals surface area contributed by atoms with Gasteiger partial charge in [0.1, 0.15) is 0 Å². The molecule has 0 aliphatic carbocycles. The summed E-state index contributed by atoms with van der Waals surface area (Å²) in [5.74, 6) is 0. The minimum absolute atomic E-state index is 0.590. The van der Waals surface area contributed by atoms with Crippen LogP contribution in [0.2, 0.25) is 0 Å². The molecule has 2 aromatic rings. The molecule has 2 nitrogen and oxygen atoms in total. The molecule has 0 amide bonds. The maximum atomic E-state index is 5.33. The van der Waals surface area contributed by atoms with Gasteiger partial charge in [-0.3, -0.25) is 0 Å². The van der Waals surface area contributed by atoms with Crippen molar-refractivity contribution in [2.24, 2.45) is 0 Å². The second kappa shape index (κ2) is 6.17. The zero-order valence-electron chi connectivity index (χ0n) is 10.8. The van der Waals surface area contributed by atoms with E-state index in [4.69, 9.17) is 12.2 Å². The molecule has 0 aromatic heterocycles. The number of halogens is 1. The molecule has 19 heavy (non-hydrogen) atoms. The molecule has 0 spiro atoms. The predicted octanol–water partition coefficient (Wildman–Crippen LogP) is 4.87. The fourth-order valence-electron chi connectivity index (χ4n) is 1.74. The molecule has 0 atom stereocenters. The van der Waals surface area contributed by atoms with Gasteiger partial charge in [-0.1, -0.05) is 34.1 Å². The van der Waals surface area contributed by atoms with E-state index in [0.29, 0.717) is 5.11 Å². The Hall–Kier alpha value is -1.39. The quantitative estimate of drug-likeness (QED) is 0.765. The summed E-state index contributed by atoms with van der Waals surface area (Å²) in [5.41, 5.74) is 4.45. The molecule has 0 fully saturated rings. The lowest BCUT2D eigenvalue weighted by atomic mass is 10.1. The zero-order chi connectivity index (χ0) is 13.8. The smallest absolute Gasteiger partial charge is 0.175 e. The van der Waals surface area contributed by atoms with Crippen molar-refractivity contribution in [2.45, 2.75) is 13.8 Å². The summed E-state index contributed by atoms with van der Waals surface area (Å²) in [6.07, 6.45) is 0. The first-order valence-electron chi connectivity index (χ1n) is 5.96. The molecule has 2 N–H and O–H groups in total. The first-order valence-corrected chi connectivity index (χ1v) is 7.16. The Bertz CT molecular complexity index is 611. The Labute approximate surface area is 127 Å². The second-order valence-corrected chi connectivity index (χ2v) is 5.66. The maximum Gasteiger partial charge on any atom is 0.175 e. The molecular weight excluding hydrogens is 320 g/mol. The van der Waals surface area contributed by atoms with E-state index in [0.717, 1.165) is 15.8 Å². The Balaban J connectivity index is 2.08. The van der Waals surface area contributed by atoms with Crippen LogP contribution in [-0.2, 0) is 0 Å². The van der Waals surface area contributed by atoms with Gasteiger partial charge in [0.05, 0.1) is 0 Å². The summed E-state index contributed by atoms with van der Waals surface area (Å²) in [4.78, 5) is 0. The molecule has 0 saturated heterocycles. The highest BCUT2D eigenvalue weighted by molar-refractivity contribution is 9.10. The third-order valence-electron chi connectivity index (χ3n) is 2.94. The van der Waals surface area contributed by atoms with Gasteiger partial charge in [-0.15, -0.1) is 0 Å². The monoisotopic (exact) mass is 334 g/mol. The fraction of sp³-hybridized carbons (Fsp3) is 0.133. The van der Waals surface area contributed by atoms with E-state index in [1.54, 1.807) is 0 Å². The number of nitrogens with one attached hydrogen (secondary N) is 2. The van der Waals surface area contributed by atoms with E-state index in [1.807, 2.05) is 36.4 Å². The summed E-state index contributed by atoms with van der Waals surface area (Å²) in [5, 5.41) is 6.98. The van der Waals surface area contributed by atoms with Crippen LogP contribution in [0.15, 0.2) is 46.9 Å². The van der Waals surface area contributed by atoms with Crippen LogP contribution < -0.4 is 10.6 Å². The Kier molecular flexibility index (Phi) is 4.56. The third-order valence-corrected chi connectivity index (χ3v) is 3.63. The Morgan fingerprint density at radius 2 is 1.79 bits per heavy atom. The largest absolute Gasteiger partial charge is 0.332 e. The lowest BCUT2D eigenvalue weighted by Gasteiger charge is -2.13. The van der Waals surface area contributed by atoms with Crippen molar-refractivity contribution in [1.82, 2.24) is 0 Å². The van der Waals surface area contributed by atoms with Gasteiger partial charge < -0.3 is 10.6 Å². The van der Waals surface area contributed by atoms with Crippen LogP contribution in [0.1, 0.15) is 11.1 Å². The standard InChI is InChI=1S/C15H15BrN2S/c1-10-5-3-8-14(11(10)2)18-15(19)17-13-7-4-6-12(16)9-13/h3-9H,1-2H3,(H2,17,18,19). The van der Waals surface area contributed by atoms with Crippen molar-refractivity contribution in [3.05, 3.63) is 58.1 Å². The Morgan fingerprint density at radius 1 is 1.05 bits per heavy atom. The maximum absolute atomic E-state index is 5.33. The van der Waals surface area contributed by atoms with Gasteiger partial charge in [0.25, 0.3) is 0 Å². The molecule has 0 saturated carbocycles. The summed E-state index contributed by atoms with van der Waals surface area (Å²) in [6, 6.07) is 14.0. The van der Waals surface area contributed by atoms with Gasteiger partial charge in [0.2, 0.25) is 0 Å². The first-order chi connectivity index (χ1) is 9.06. The van der Waals surface area contributed by atoms with Crippen LogP contribution in [0.25, 0.3) is 0 Å². The van der Waals surface area contributed by atoms with Gasteiger partial charge >= 0.3 is 0 Å². The Morgan fingerprint density at radius 3 is 2.53 bits per heavy atom. The van der Waals surface area contributed by atoms with Crippen LogP contribution in [0.4, 0.5) is 11.4 Å². The van der Waals surface area contributed by atoms with Crippen LogP contribution >= 0.6 is 28.1 Å². The minimum atomic E-state index is 0.590. The van der Waals surface area contributed by atoms with E-state index < -0.39 is 0 Å². The van der Waals surface area contributed by atoms with Crippen molar-refractivity contribution < 1.29 is 0 Å². The number of benzene rings is 2. The molecular formula is C15H15BrN2S. The lowest BCUT2D eigenvalue weighted by molar-refractivity contribution is 1.34. The molecule has 0 heterocycles. The molecule has 2 rings (SSSR count). The summed E-state index contributed by atoms with van der Waals surface area (Å²) in [7, 11) is 0. The number of anilines is 2. The molecule has 0 bridgehead atoms. The van der Waals surface area contributed by atoms with E-state index >= 15 is 0 Å². The first kappa shape index (κ1) is 14.0. The minimum Gasteiger partial charge on any atom is -0.332 e. The van der Waals surface area contributed by atoms with Crippen LogP contribution in [-0.4, -0.2) is 5.11 Å². The molecule has 0 aliphatic rings. The van der Waals surface area contributed by atoms with Gasteiger partial charge in [0.15, 0.2) is 5.11 Å². The van der Waals surface area contributed by atoms with Gasteiger partial charge in [-0.2, -0.15) is 0 Å². The molecule has 2 aromatic carbocycles. The predicted molar refractivity (Wildman–Crippen MR) is 89.9 cm³/mol. The van der Waals surface area contributed by atoms with Crippen molar-refractivity contribution >= 4 is 44.6 Å². The van der Waals surface area contributed by atoms with Crippen molar-refractivity contribution in [3.8, 4) is 0 Å². The van der Waals surface area contributed by atoms with Crippen LogP contribution in [0, 0.1) is 13.8 Å². The highest BCUT2D eigenvalue weighted by atomic mass is 79.9. The fourth-order valence-corrected chi connectivity index (χ4v) is 2.36. The second-order valence-electron chi connectivity index (χ2n) is 4.34. The molecule has 0 unspecified atom stereocenters. The lowest BCUT2D eigenvalue weighted by Crippen LogP contribution is -2.19. The number of aryl methyl sites for hydroxylation is 1. The summed E-state index contributed by atoms with van der Waals surface area (Å²) in [6.45, 7) is 4.17. The highest BCUT2D eigenvalue weighted by Crippen LogP contribution is 2.19. The van der Waals surface area contributed by atoms with Crippen molar-refractivity contribution in [1.29, 1.82) is 0 Å². The van der Waals surface area contributed by atoms with Crippen molar-refractivity contribution in [3.63, 3.8) is 0 Å². The van der Waals surface area contributed by atoms with Crippen LogP contribution in [0.3, 0.4) is 0 Å². The molecule has 98 valence electrons. The van der Waals surface area contributed by atoms with Gasteiger partial charge in [-0.05, 0) is 61.5 Å². The van der Waals surface area contributed by atoms with E-state index in [1.165, 1.54) is 11.1 Å². The van der Waals surface area contributed by atoms with Crippen LogP contribution in [0.5, 0.6) is 0 Å². The summed E-state index contributed by atoms with van der Waals surface area (Å²) < 4.78 is 1.02. The molecule has 4 heteroatoms. The average Bonchev–Trinajstić information content (AvgIpc) is 2.35. The summed E-state index contributed by atoms with van der Waals surface area (Å²) >= 11 is 8.76. The molecule has 0 aliphatic heterocycles. The zero-order valence-corrected chi connectivity index (χ0v) is 13.2. The van der Waals surface area contributed by atoms with E-state index in [2.05, 4.69) is 46.5 Å².